The van der Waals surface area contributed by atoms with E-state index in [4.69, 9.17) is 4.74 Å². The first-order valence-electron chi connectivity index (χ1n) is 9.35. The summed E-state index contributed by atoms with van der Waals surface area (Å²) in [6.45, 7) is 6.67. The number of nitrogens with zero attached hydrogens (tertiary/aromatic N) is 2. The molecule has 1 heterocycles. The molecule has 3 rings (SSSR count). The molecule has 0 spiro atoms. The second-order valence-electron chi connectivity index (χ2n) is 7.95. The van der Waals surface area contributed by atoms with Crippen LogP contribution in [0.15, 0.2) is 47.3 Å². The first-order chi connectivity index (χ1) is 13.2. The van der Waals surface area contributed by atoms with E-state index in [1.165, 1.54) is 0 Å². The average Bonchev–Trinajstić information content (AvgIpc) is 2.90. The molecule has 0 radical (unpaired) electrons. The zero-order valence-electron chi connectivity index (χ0n) is 17.1. The van der Waals surface area contributed by atoms with E-state index in [2.05, 4.69) is 26.1 Å². The largest absolute Gasteiger partial charge is 0.495 e. The zero-order valence-corrected chi connectivity index (χ0v) is 17.1. The Morgan fingerprint density at radius 3 is 2.43 bits per heavy atom. The monoisotopic (exact) mass is 381 g/mol. The Labute approximate surface area is 164 Å². The number of methoxy groups -OCH3 is 1. The maximum absolute atomic E-state index is 12.6. The summed E-state index contributed by atoms with van der Waals surface area (Å²) in [4.78, 5) is 25.1. The van der Waals surface area contributed by atoms with Crippen molar-refractivity contribution in [3.63, 3.8) is 0 Å². The Bertz CT molecular complexity index is 1070. The normalized spacial score (nSPS) is 11.6. The lowest BCUT2D eigenvalue weighted by atomic mass is 9.87. The lowest BCUT2D eigenvalue weighted by Gasteiger charge is -2.21. The summed E-state index contributed by atoms with van der Waals surface area (Å²) >= 11 is 0. The van der Waals surface area contributed by atoms with Crippen LogP contribution in [0.4, 0.5) is 5.69 Å². The summed E-state index contributed by atoms with van der Waals surface area (Å²) in [7, 11) is 3.32. The van der Waals surface area contributed by atoms with Gasteiger partial charge in [0.15, 0.2) is 0 Å². The fourth-order valence-electron chi connectivity index (χ4n) is 3.28. The summed E-state index contributed by atoms with van der Waals surface area (Å²) < 4.78 is 8.62. The number of ether oxygens (including phenoxy) is 1. The van der Waals surface area contributed by atoms with E-state index in [1.54, 1.807) is 23.3 Å². The number of carbonyl (C=O) groups excluding carboxylic acids is 1. The topological polar surface area (TPSA) is 65.3 Å². The molecule has 148 valence electrons. The molecule has 0 aliphatic rings. The van der Waals surface area contributed by atoms with Gasteiger partial charge in [0.2, 0.25) is 5.91 Å². The number of anilines is 1. The van der Waals surface area contributed by atoms with Crippen molar-refractivity contribution in [1.82, 2.24) is 9.13 Å². The molecule has 1 amide bonds. The van der Waals surface area contributed by atoms with Crippen LogP contribution in [-0.4, -0.2) is 22.2 Å². The van der Waals surface area contributed by atoms with E-state index < -0.39 is 0 Å². The first kappa shape index (κ1) is 19.7. The Morgan fingerprint density at radius 1 is 1.11 bits per heavy atom. The third-order valence-electron chi connectivity index (χ3n) is 4.95. The van der Waals surface area contributed by atoms with Crippen LogP contribution in [0.5, 0.6) is 5.75 Å². The molecule has 0 fully saturated rings. The molecule has 0 unspecified atom stereocenters. The highest BCUT2D eigenvalue weighted by molar-refractivity contribution is 5.92. The number of fused-ring (bicyclic) bond motifs is 1. The van der Waals surface area contributed by atoms with E-state index in [0.717, 1.165) is 16.6 Å². The van der Waals surface area contributed by atoms with Crippen LogP contribution < -0.4 is 15.7 Å². The second kappa shape index (κ2) is 7.54. The molecular formula is C22H27N3O3. The lowest BCUT2D eigenvalue weighted by Crippen LogP contribution is -2.24. The quantitative estimate of drug-likeness (QED) is 0.733. The fourth-order valence-corrected chi connectivity index (χ4v) is 3.28. The Kier molecular flexibility index (Phi) is 5.31. The van der Waals surface area contributed by atoms with Crippen LogP contribution in [-0.2, 0) is 23.8 Å². The number of para-hydroxylation sites is 2. The number of benzene rings is 2. The Morgan fingerprint density at radius 2 is 1.79 bits per heavy atom. The van der Waals surface area contributed by atoms with E-state index in [9.17, 15) is 9.59 Å². The molecule has 0 aliphatic carbocycles. The first-order valence-corrected chi connectivity index (χ1v) is 9.35. The van der Waals surface area contributed by atoms with Gasteiger partial charge in [0.1, 0.15) is 5.75 Å². The van der Waals surface area contributed by atoms with Gasteiger partial charge in [0.25, 0.3) is 0 Å². The molecule has 1 aromatic heterocycles. The average molecular weight is 381 g/mol. The van der Waals surface area contributed by atoms with Gasteiger partial charge < -0.3 is 10.1 Å². The third kappa shape index (κ3) is 3.81. The highest BCUT2D eigenvalue weighted by atomic mass is 16.5. The molecule has 0 bridgehead atoms. The summed E-state index contributed by atoms with van der Waals surface area (Å²) in [6, 6.07) is 13.4. The Balaban J connectivity index is 1.79. The predicted octanol–water partition coefficient (Wildman–Crippen LogP) is 3.67. The van der Waals surface area contributed by atoms with Crippen molar-refractivity contribution in [2.45, 2.75) is 39.2 Å². The molecule has 6 nitrogen and oxygen atoms in total. The summed E-state index contributed by atoms with van der Waals surface area (Å²) in [6.07, 6.45) is 0.191. The highest BCUT2D eigenvalue weighted by Gasteiger charge is 2.17. The van der Waals surface area contributed by atoms with Gasteiger partial charge >= 0.3 is 5.69 Å². The van der Waals surface area contributed by atoms with Crippen molar-refractivity contribution in [2.24, 2.45) is 7.05 Å². The van der Waals surface area contributed by atoms with Gasteiger partial charge in [-0.1, -0.05) is 39.0 Å². The zero-order chi connectivity index (χ0) is 20.5. The maximum Gasteiger partial charge on any atom is 0.328 e. The molecule has 6 heteroatoms. The SMILES string of the molecule is COc1ccc(C(C)(C)C)cc1NC(=O)CCn1c(=O)n(C)c2ccccc21. The van der Waals surface area contributed by atoms with Crippen molar-refractivity contribution in [1.29, 1.82) is 0 Å². The van der Waals surface area contributed by atoms with E-state index >= 15 is 0 Å². The molecular weight excluding hydrogens is 354 g/mol. The van der Waals surface area contributed by atoms with Crippen LogP contribution in [0.25, 0.3) is 11.0 Å². The van der Waals surface area contributed by atoms with E-state index in [1.807, 2.05) is 42.5 Å². The molecule has 0 saturated heterocycles. The summed E-state index contributed by atoms with van der Waals surface area (Å²) in [5, 5.41) is 2.93. The van der Waals surface area contributed by atoms with Gasteiger partial charge in [-0.2, -0.15) is 0 Å². The summed E-state index contributed by atoms with van der Waals surface area (Å²) in [5.74, 6) is 0.452. The van der Waals surface area contributed by atoms with Gasteiger partial charge in [-0.15, -0.1) is 0 Å². The van der Waals surface area contributed by atoms with Crippen LogP contribution >= 0.6 is 0 Å². The smallest absolute Gasteiger partial charge is 0.328 e. The van der Waals surface area contributed by atoms with Crippen molar-refractivity contribution in [2.75, 3.05) is 12.4 Å². The molecule has 3 aromatic rings. The van der Waals surface area contributed by atoms with Crippen LogP contribution in [0.2, 0.25) is 0 Å². The van der Waals surface area contributed by atoms with Gasteiger partial charge in [-0.25, -0.2) is 4.79 Å². The molecule has 0 saturated carbocycles. The second-order valence-corrected chi connectivity index (χ2v) is 7.95. The molecule has 28 heavy (non-hydrogen) atoms. The van der Waals surface area contributed by atoms with E-state index in [-0.39, 0.29) is 23.4 Å². The van der Waals surface area contributed by atoms with Gasteiger partial charge in [-0.05, 0) is 35.2 Å². The van der Waals surface area contributed by atoms with Crippen molar-refractivity contribution < 1.29 is 9.53 Å². The third-order valence-corrected chi connectivity index (χ3v) is 4.95. The van der Waals surface area contributed by atoms with Gasteiger partial charge in [0.05, 0.1) is 23.8 Å². The number of hydrogen-bond acceptors (Lipinski definition) is 3. The molecule has 1 N–H and O–H groups in total. The van der Waals surface area contributed by atoms with Crippen LogP contribution in [0.3, 0.4) is 0 Å². The van der Waals surface area contributed by atoms with Gasteiger partial charge in [-0.3, -0.25) is 13.9 Å². The number of rotatable bonds is 5. The number of imidazole rings is 1. The van der Waals surface area contributed by atoms with Gasteiger partial charge in [0, 0.05) is 20.0 Å². The minimum Gasteiger partial charge on any atom is -0.495 e. The number of aromatic nitrogens is 2. The number of nitrogens with one attached hydrogen (secondary N) is 1. The lowest BCUT2D eigenvalue weighted by molar-refractivity contribution is -0.116. The van der Waals surface area contributed by atoms with Crippen molar-refractivity contribution in [3.05, 3.63) is 58.5 Å². The number of amides is 1. The molecule has 2 aromatic carbocycles. The molecule has 0 atom stereocenters. The summed E-state index contributed by atoms with van der Waals surface area (Å²) in [5.41, 5.74) is 3.27. The standard InChI is InChI=1S/C22H27N3O3/c1-22(2,3)15-10-11-19(28-5)16(14-15)23-20(26)12-13-25-18-9-7-6-8-17(18)24(4)21(25)27/h6-11,14H,12-13H2,1-5H3,(H,23,26). The maximum atomic E-state index is 12.6. The Hall–Kier alpha value is -3.02. The minimum absolute atomic E-state index is 0.0397. The number of carbonyl (C=O) groups is 1. The minimum atomic E-state index is -0.163. The van der Waals surface area contributed by atoms with Crippen molar-refractivity contribution >= 4 is 22.6 Å². The molecule has 0 aliphatic heterocycles. The number of aryl methyl sites for hydroxylation is 2. The fraction of sp³-hybridized carbons (Fsp3) is 0.364. The highest BCUT2D eigenvalue weighted by Crippen LogP contribution is 2.31. The van der Waals surface area contributed by atoms with Crippen LogP contribution in [0, 0.1) is 0 Å². The predicted molar refractivity (Wildman–Crippen MR) is 112 cm³/mol. The van der Waals surface area contributed by atoms with Crippen LogP contribution in [0.1, 0.15) is 32.8 Å². The van der Waals surface area contributed by atoms with E-state index in [0.29, 0.717) is 18.0 Å². The van der Waals surface area contributed by atoms with Crippen molar-refractivity contribution in [3.8, 4) is 5.75 Å². The number of hydrogen-bond donors (Lipinski definition) is 1.